The van der Waals surface area contributed by atoms with Crippen molar-refractivity contribution in [2.24, 2.45) is 0 Å². The van der Waals surface area contributed by atoms with Crippen molar-refractivity contribution in [2.75, 3.05) is 13.7 Å². The molecule has 0 saturated heterocycles. The second-order valence-electron chi connectivity index (χ2n) is 2.88. The van der Waals surface area contributed by atoms with Crippen molar-refractivity contribution in [1.29, 1.82) is 0 Å². The van der Waals surface area contributed by atoms with E-state index in [0.717, 1.165) is 0 Å². The lowest BCUT2D eigenvalue weighted by molar-refractivity contribution is 0.0593. The Hall–Kier alpha value is -1.85. The summed E-state index contributed by atoms with van der Waals surface area (Å²) in [6, 6.07) is -0.256. The van der Waals surface area contributed by atoms with Crippen LogP contribution in [0.25, 0.3) is 0 Å². The van der Waals surface area contributed by atoms with Crippen molar-refractivity contribution in [3.63, 3.8) is 0 Å². The third kappa shape index (κ3) is 1.15. The van der Waals surface area contributed by atoms with E-state index in [9.17, 15) is 9.59 Å². The van der Waals surface area contributed by atoms with E-state index in [2.05, 4.69) is 15.0 Å². The van der Waals surface area contributed by atoms with E-state index < -0.39 is 5.97 Å². The number of esters is 1. The average Bonchev–Trinajstić information content (AvgIpc) is 2.62. The zero-order chi connectivity index (χ0) is 10.1. The van der Waals surface area contributed by atoms with Gasteiger partial charge in [-0.3, -0.25) is 4.57 Å². The zero-order valence-electron chi connectivity index (χ0n) is 7.61. The molecule has 6 heteroatoms. The Morgan fingerprint density at radius 2 is 2.50 bits per heavy atom. The van der Waals surface area contributed by atoms with Gasteiger partial charge >= 0.3 is 12.0 Å². The number of hydrogen-bond donors (Lipinski definition) is 1. The van der Waals surface area contributed by atoms with Crippen LogP contribution in [0, 0.1) is 0 Å². The van der Waals surface area contributed by atoms with Crippen LogP contribution in [0.4, 0.5) is 4.79 Å². The first-order valence-corrected chi connectivity index (χ1v) is 4.16. The fourth-order valence-electron chi connectivity index (χ4n) is 1.43. The van der Waals surface area contributed by atoms with Crippen LogP contribution in [-0.2, 0) is 11.2 Å². The largest absolute Gasteiger partial charge is 0.464 e. The second kappa shape index (κ2) is 3.13. The van der Waals surface area contributed by atoms with Crippen molar-refractivity contribution < 1.29 is 14.3 Å². The summed E-state index contributed by atoms with van der Waals surface area (Å²) in [5.41, 5.74) is 0.836. The summed E-state index contributed by atoms with van der Waals surface area (Å²) in [7, 11) is 1.29. The SMILES string of the molecule is COC(=O)c1ncn2c1CCNC2=O. The fourth-order valence-corrected chi connectivity index (χ4v) is 1.43. The van der Waals surface area contributed by atoms with Crippen molar-refractivity contribution in [2.45, 2.75) is 6.42 Å². The number of aromatic nitrogens is 2. The molecule has 1 amide bonds. The van der Waals surface area contributed by atoms with Crippen LogP contribution in [0.2, 0.25) is 0 Å². The summed E-state index contributed by atoms with van der Waals surface area (Å²) in [6.45, 7) is 0.522. The fraction of sp³-hybridized carbons (Fsp3) is 0.375. The molecule has 1 aromatic heterocycles. The maximum atomic E-state index is 11.3. The number of imidazole rings is 1. The van der Waals surface area contributed by atoms with Gasteiger partial charge in [0.25, 0.3) is 0 Å². The molecule has 0 radical (unpaired) electrons. The highest BCUT2D eigenvalue weighted by Crippen LogP contribution is 2.12. The van der Waals surface area contributed by atoms with Crippen LogP contribution in [-0.4, -0.2) is 35.2 Å². The molecule has 0 fully saturated rings. The molecule has 14 heavy (non-hydrogen) atoms. The quantitative estimate of drug-likeness (QED) is 0.629. The topological polar surface area (TPSA) is 73.2 Å². The van der Waals surface area contributed by atoms with E-state index in [1.165, 1.54) is 18.0 Å². The number of rotatable bonds is 1. The van der Waals surface area contributed by atoms with Crippen molar-refractivity contribution in [3.8, 4) is 0 Å². The van der Waals surface area contributed by atoms with Gasteiger partial charge in [0.15, 0.2) is 5.69 Å². The Morgan fingerprint density at radius 1 is 1.71 bits per heavy atom. The van der Waals surface area contributed by atoms with Gasteiger partial charge in [0.1, 0.15) is 6.33 Å². The highest BCUT2D eigenvalue weighted by Gasteiger charge is 2.24. The molecule has 74 valence electrons. The first-order valence-electron chi connectivity index (χ1n) is 4.16. The van der Waals surface area contributed by atoms with Gasteiger partial charge in [0.2, 0.25) is 0 Å². The summed E-state index contributed by atoms with van der Waals surface area (Å²) in [5.74, 6) is -0.506. The van der Waals surface area contributed by atoms with Gasteiger partial charge in [-0.15, -0.1) is 0 Å². The molecule has 0 spiro atoms. The third-order valence-corrected chi connectivity index (χ3v) is 2.10. The normalized spacial score (nSPS) is 14.5. The maximum Gasteiger partial charge on any atom is 0.358 e. The number of nitrogens with zero attached hydrogens (tertiary/aromatic N) is 2. The van der Waals surface area contributed by atoms with Crippen LogP contribution in [0.5, 0.6) is 0 Å². The molecule has 0 unspecified atom stereocenters. The lowest BCUT2D eigenvalue weighted by Gasteiger charge is -2.14. The third-order valence-electron chi connectivity index (χ3n) is 2.10. The predicted molar refractivity (Wildman–Crippen MR) is 46.1 cm³/mol. The molecule has 6 nitrogen and oxygen atoms in total. The highest BCUT2D eigenvalue weighted by atomic mass is 16.5. The van der Waals surface area contributed by atoms with Gasteiger partial charge in [-0.25, -0.2) is 14.6 Å². The van der Waals surface area contributed by atoms with Crippen molar-refractivity contribution in [3.05, 3.63) is 17.7 Å². The van der Waals surface area contributed by atoms with Gasteiger partial charge in [0, 0.05) is 13.0 Å². The van der Waals surface area contributed by atoms with Crippen LogP contribution in [0.1, 0.15) is 16.2 Å². The molecule has 0 saturated carbocycles. The average molecular weight is 195 g/mol. The van der Waals surface area contributed by atoms with Gasteiger partial charge in [0.05, 0.1) is 12.8 Å². The zero-order valence-corrected chi connectivity index (χ0v) is 7.61. The van der Waals surface area contributed by atoms with Crippen LogP contribution in [0.15, 0.2) is 6.33 Å². The Morgan fingerprint density at radius 3 is 3.21 bits per heavy atom. The van der Waals surface area contributed by atoms with Crippen molar-refractivity contribution >= 4 is 12.0 Å². The molecule has 0 aliphatic carbocycles. The number of carbonyl (C=O) groups is 2. The minimum Gasteiger partial charge on any atom is -0.464 e. The standard InChI is InChI=1S/C8H9N3O3/c1-14-7(12)6-5-2-3-9-8(13)11(5)4-10-6/h4H,2-3H2,1H3,(H,9,13). The first kappa shape index (κ1) is 8.74. The molecule has 0 bridgehead atoms. The summed E-state index contributed by atoms with van der Waals surface area (Å²) in [5, 5.41) is 2.64. The molecule has 0 atom stereocenters. The maximum absolute atomic E-state index is 11.3. The lowest BCUT2D eigenvalue weighted by atomic mass is 10.2. The molecule has 0 aromatic carbocycles. The van der Waals surface area contributed by atoms with Gasteiger partial charge in [-0.05, 0) is 0 Å². The van der Waals surface area contributed by atoms with Crippen molar-refractivity contribution in [1.82, 2.24) is 14.9 Å². The molecule has 2 heterocycles. The van der Waals surface area contributed by atoms with E-state index in [-0.39, 0.29) is 11.7 Å². The monoisotopic (exact) mass is 195 g/mol. The summed E-state index contributed by atoms with van der Waals surface area (Å²) >= 11 is 0. The van der Waals surface area contributed by atoms with Gasteiger partial charge in [-0.2, -0.15) is 0 Å². The smallest absolute Gasteiger partial charge is 0.358 e. The van der Waals surface area contributed by atoms with Gasteiger partial charge < -0.3 is 10.1 Å². The Balaban J connectivity index is 2.45. The van der Waals surface area contributed by atoms with Gasteiger partial charge in [-0.1, -0.05) is 0 Å². The minimum absolute atomic E-state index is 0.224. The second-order valence-corrected chi connectivity index (χ2v) is 2.88. The van der Waals surface area contributed by atoms with Crippen LogP contribution >= 0.6 is 0 Å². The van der Waals surface area contributed by atoms with E-state index in [1.807, 2.05) is 0 Å². The molecule has 1 N–H and O–H groups in total. The number of fused-ring (bicyclic) bond motifs is 1. The molecular weight excluding hydrogens is 186 g/mol. The minimum atomic E-state index is -0.506. The predicted octanol–water partition coefficient (Wildman–Crippen LogP) is -0.216. The Bertz CT molecular complexity index is 397. The summed E-state index contributed by atoms with van der Waals surface area (Å²) < 4.78 is 5.88. The number of amides is 1. The summed E-state index contributed by atoms with van der Waals surface area (Å²) in [4.78, 5) is 26.3. The van der Waals surface area contributed by atoms with E-state index in [4.69, 9.17) is 0 Å². The molecule has 1 aromatic rings. The molecular formula is C8H9N3O3. The Kier molecular flexibility index (Phi) is 1.95. The van der Waals surface area contributed by atoms with E-state index >= 15 is 0 Å². The molecule has 1 aliphatic rings. The highest BCUT2D eigenvalue weighted by molar-refractivity contribution is 5.90. The number of carbonyl (C=O) groups excluding carboxylic acids is 2. The number of nitrogens with one attached hydrogen (secondary N) is 1. The lowest BCUT2D eigenvalue weighted by Crippen LogP contribution is -2.36. The molecule has 2 rings (SSSR count). The number of hydrogen-bond acceptors (Lipinski definition) is 4. The summed E-state index contributed by atoms with van der Waals surface area (Å²) in [6.07, 6.45) is 1.92. The number of ether oxygens (including phenoxy) is 1. The van der Waals surface area contributed by atoms with E-state index in [0.29, 0.717) is 18.7 Å². The van der Waals surface area contributed by atoms with Crippen LogP contribution in [0.3, 0.4) is 0 Å². The molecule has 1 aliphatic heterocycles. The van der Waals surface area contributed by atoms with E-state index in [1.54, 1.807) is 0 Å². The van der Waals surface area contributed by atoms with Crippen LogP contribution < -0.4 is 5.32 Å². The Labute approximate surface area is 79.9 Å². The first-order chi connectivity index (χ1) is 6.74. The number of methoxy groups -OCH3 is 1.